The number of anilines is 1. The van der Waals surface area contributed by atoms with Gasteiger partial charge < -0.3 is 10.6 Å². The first-order valence-electron chi connectivity index (χ1n) is 10.8. The molecule has 2 bridgehead atoms. The average molecular weight is 455 g/mol. The van der Waals surface area contributed by atoms with Crippen LogP contribution in [-0.2, 0) is 17.9 Å². The van der Waals surface area contributed by atoms with E-state index in [-0.39, 0.29) is 35.8 Å². The van der Waals surface area contributed by atoms with E-state index in [0.717, 1.165) is 16.7 Å². The molecule has 0 unspecified atom stereocenters. The van der Waals surface area contributed by atoms with Gasteiger partial charge in [-0.25, -0.2) is 9.67 Å². The molecule has 3 aliphatic rings. The van der Waals surface area contributed by atoms with Crippen molar-refractivity contribution in [1.29, 1.82) is 5.26 Å². The fourth-order valence-electron chi connectivity index (χ4n) is 5.26. The summed E-state index contributed by atoms with van der Waals surface area (Å²) in [7, 11) is 0. The number of nitrogens with zero attached hydrogens (tertiary/aromatic N) is 4. The van der Waals surface area contributed by atoms with E-state index in [0.29, 0.717) is 28.9 Å². The third-order valence-corrected chi connectivity index (χ3v) is 7.77. The predicted octanol–water partition coefficient (Wildman–Crippen LogP) is 2.96. The first-order valence-corrected chi connectivity index (χ1v) is 11.2. The largest absolute Gasteiger partial charge is 0.379 e. The van der Waals surface area contributed by atoms with Crippen molar-refractivity contribution in [3.63, 3.8) is 0 Å². The van der Waals surface area contributed by atoms with E-state index >= 15 is 0 Å². The minimum atomic E-state index is -0.503. The molecule has 3 aliphatic carbocycles. The van der Waals surface area contributed by atoms with Gasteiger partial charge in [0.25, 0.3) is 5.56 Å². The topological polar surface area (TPSA) is 113 Å². The Balaban J connectivity index is 1.38. The standard InChI is InChI=1S/C23H27ClN6O2/c1-13-17-7-15(23(17,2)3)8-18(13)29-19-11-28-30(22(32)21(19)24)12-20(31)27-10-14-4-5-26-16(6-14)9-25/h4-6,11,13,15,17-18,29H,7-8,10,12H2,1-3H3,(H,27,31)/t13-,15+,17-,18-/m1/s1. The van der Waals surface area contributed by atoms with Gasteiger partial charge in [-0.05, 0) is 53.7 Å². The Morgan fingerprint density at radius 3 is 2.88 bits per heavy atom. The predicted molar refractivity (Wildman–Crippen MR) is 121 cm³/mol. The summed E-state index contributed by atoms with van der Waals surface area (Å²) in [6, 6.07) is 5.51. The lowest BCUT2D eigenvalue weighted by Gasteiger charge is -2.62. The average Bonchev–Trinajstić information content (AvgIpc) is 2.78. The quantitative estimate of drug-likeness (QED) is 0.693. The summed E-state index contributed by atoms with van der Waals surface area (Å²) >= 11 is 6.35. The van der Waals surface area contributed by atoms with Gasteiger partial charge in [0.05, 0.1) is 11.9 Å². The Morgan fingerprint density at radius 2 is 2.19 bits per heavy atom. The maximum atomic E-state index is 12.7. The highest BCUT2D eigenvalue weighted by Gasteiger charge is 2.56. The number of hydrogen-bond donors (Lipinski definition) is 2. The van der Waals surface area contributed by atoms with Crippen LogP contribution in [-0.4, -0.2) is 26.7 Å². The second-order valence-electron chi connectivity index (χ2n) is 9.48. The second-order valence-corrected chi connectivity index (χ2v) is 9.86. The van der Waals surface area contributed by atoms with Crippen molar-refractivity contribution < 1.29 is 4.79 Å². The normalized spacial score (nSPS) is 25.3. The number of amides is 1. The fraction of sp³-hybridized carbons (Fsp3) is 0.522. The molecule has 2 aromatic rings. The van der Waals surface area contributed by atoms with Crippen molar-refractivity contribution in [3.05, 3.63) is 51.2 Å². The van der Waals surface area contributed by atoms with Crippen molar-refractivity contribution in [2.24, 2.45) is 23.2 Å². The summed E-state index contributed by atoms with van der Waals surface area (Å²) in [6.45, 7) is 6.92. The first kappa shape index (κ1) is 22.3. The Morgan fingerprint density at radius 1 is 1.41 bits per heavy atom. The third kappa shape index (κ3) is 4.09. The minimum Gasteiger partial charge on any atom is -0.379 e. The molecular formula is C23H27ClN6O2. The van der Waals surface area contributed by atoms with E-state index in [9.17, 15) is 9.59 Å². The zero-order chi connectivity index (χ0) is 23.0. The fourth-order valence-corrected chi connectivity index (χ4v) is 5.46. The van der Waals surface area contributed by atoms with Crippen LogP contribution in [0.5, 0.6) is 0 Å². The number of hydrogen-bond acceptors (Lipinski definition) is 6. The van der Waals surface area contributed by atoms with E-state index in [4.69, 9.17) is 16.9 Å². The molecule has 1 amide bonds. The molecule has 2 aromatic heterocycles. The lowest BCUT2D eigenvalue weighted by Crippen LogP contribution is -2.58. The smallest absolute Gasteiger partial charge is 0.288 e. The second kappa shape index (κ2) is 8.55. The number of halogens is 1. The molecule has 168 valence electrons. The molecule has 9 heteroatoms. The highest BCUT2D eigenvalue weighted by atomic mass is 35.5. The lowest BCUT2D eigenvalue weighted by atomic mass is 9.45. The molecule has 0 radical (unpaired) electrons. The number of fused-ring (bicyclic) bond motifs is 2. The molecule has 32 heavy (non-hydrogen) atoms. The number of pyridine rings is 1. The Hall–Kier alpha value is -2.92. The number of rotatable bonds is 6. The van der Waals surface area contributed by atoms with Crippen LogP contribution in [0.4, 0.5) is 5.69 Å². The molecule has 4 atom stereocenters. The summed E-state index contributed by atoms with van der Waals surface area (Å²) in [5, 5.41) is 19.3. The monoisotopic (exact) mass is 454 g/mol. The molecule has 8 nitrogen and oxygen atoms in total. The Kier molecular flexibility index (Phi) is 5.95. The van der Waals surface area contributed by atoms with Gasteiger partial charge in [-0.1, -0.05) is 32.4 Å². The molecule has 0 spiro atoms. The van der Waals surface area contributed by atoms with Gasteiger partial charge in [0.1, 0.15) is 23.3 Å². The SMILES string of the molecule is C[C@@H]1[C@H]2C[C@@H](C[C@H]1Nc1cnn(CC(=O)NCc3ccnc(C#N)c3)c(=O)c1Cl)C2(C)C. The van der Waals surface area contributed by atoms with Crippen LogP contribution in [0.2, 0.25) is 5.02 Å². The van der Waals surface area contributed by atoms with Gasteiger partial charge in [0, 0.05) is 18.8 Å². The minimum absolute atomic E-state index is 0.0475. The third-order valence-electron chi connectivity index (χ3n) is 7.40. The lowest BCUT2D eigenvalue weighted by molar-refractivity contribution is -0.122. The van der Waals surface area contributed by atoms with E-state index in [1.54, 1.807) is 12.1 Å². The molecule has 2 heterocycles. The van der Waals surface area contributed by atoms with Gasteiger partial charge >= 0.3 is 0 Å². The summed E-state index contributed by atoms with van der Waals surface area (Å²) in [6.07, 6.45) is 5.35. The van der Waals surface area contributed by atoms with Crippen LogP contribution in [0.1, 0.15) is 44.9 Å². The van der Waals surface area contributed by atoms with Crippen LogP contribution in [0, 0.1) is 34.5 Å². The van der Waals surface area contributed by atoms with E-state index < -0.39 is 5.56 Å². The number of nitrogens with one attached hydrogen (secondary N) is 2. The maximum Gasteiger partial charge on any atom is 0.288 e. The van der Waals surface area contributed by atoms with Crippen LogP contribution in [0.25, 0.3) is 0 Å². The molecular weight excluding hydrogens is 428 g/mol. The van der Waals surface area contributed by atoms with E-state index in [1.807, 2.05) is 6.07 Å². The van der Waals surface area contributed by atoms with Crippen molar-refractivity contribution >= 4 is 23.2 Å². The van der Waals surface area contributed by atoms with Gasteiger partial charge in [-0.2, -0.15) is 10.4 Å². The summed E-state index contributed by atoms with van der Waals surface area (Å²) in [4.78, 5) is 28.9. The summed E-state index contributed by atoms with van der Waals surface area (Å²) < 4.78 is 1.06. The zero-order valence-corrected chi connectivity index (χ0v) is 19.2. The van der Waals surface area contributed by atoms with Crippen LogP contribution < -0.4 is 16.2 Å². The van der Waals surface area contributed by atoms with E-state index in [1.165, 1.54) is 18.8 Å². The van der Waals surface area contributed by atoms with Crippen molar-refractivity contribution in [1.82, 2.24) is 20.1 Å². The molecule has 5 rings (SSSR count). The molecule has 0 aliphatic heterocycles. The van der Waals surface area contributed by atoms with Gasteiger partial charge in [-0.3, -0.25) is 9.59 Å². The first-order chi connectivity index (χ1) is 15.2. The molecule has 2 N–H and O–H groups in total. The van der Waals surface area contributed by atoms with Crippen molar-refractivity contribution in [2.75, 3.05) is 5.32 Å². The number of nitriles is 1. The molecule has 3 fully saturated rings. The molecule has 3 saturated carbocycles. The van der Waals surface area contributed by atoms with Gasteiger partial charge in [-0.15, -0.1) is 0 Å². The summed E-state index contributed by atoms with van der Waals surface area (Å²) in [5.74, 6) is 1.45. The molecule has 0 aromatic carbocycles. The number of aromatic nitrogens is 3. The van der Waals surface area contributed by atoms with Crippen LogP contribution >= 0.6 is 11.6 Å². The highest BCUT2D eigenvalue weighted by Crippen LogP contribution is 2.61. The van der Waals surface area contributed by atoms with Gasteiger partial charge in [0.15, 0.2) is 0 Å². The van der Waals surface area contributed by atoms with Crippen LogP contribution in [0.15, 0.2) is 29.3 Å². The van der Waals surface area contributed by atoms with E-state index in [2.05, 4.69) is 41.5 Å². The zero-order valence-electron chi connectivity index (χ0n) is 18.4. The van der Waals surface area contributed by atoms with Gasteiger partial charge in [0.2, 0.25) is 5.91 Å². The highest BCUT2D eigenvalue weighted by molar-refractivity contribution is 6.32. The van der Waals surface area contributed by atoms with Crippen molar-refractivity contribution in [3.8, 4) is 6.07 Å². The molecule has 0 saturated heterocycles. The summed E-state index contributed by atoms with van der Waals surface area (Å²) in [5.41, 5.74) is 1.41. The Bertz CT molecular complexity index is 1140. The van der Waals surface area contributed by atoms with Crippen LogP contribution in [0.3, 0.4) is 0 Å². The maximum absolute atomic E-state index is 12.7. The number of carbonyl (C=O) groups is 1. The Labute approximate surface area is 192 Å². The van der Waals surface area contributed by atoms with Crippen molar-refractivity contribution in [2.45, 2.75) is 52.7 Å². The number of carbonyl (C=O) groups excluding carboxylic acids is 1.